The van der Waals surface area contributed by atoms with Gasteiger partial charge < -0.3 is 10.6 Å². The summed E-state index contributed by atoms with van der Waals surface area (Å²) in [6.07, 6.45) is 6.28. The van der Waals surface area contributed by atoms with Crippen molar-refractivity contribution in [3.05, 3.63) is 162 Å². The minimum Gasteiger partial charge on any atom is -0.398 e. The molecular weight excluding hydrogens is 436 g/mol. The standard InChI is InChI=1S/C34H28N2/c35-34(26-28-12-4-1-5-13-28)33-19-11-10-14-29(33)23-20-27-21-24-32(25-22-27)36(30-15-6-2-7-16-30)31-17-8-3-9-18-31/h1-26H,35H2. The molecule has 5 aromatic carbocycles. The van der Waals surface area contributed by atoms with Crippen LogP contribution in [0, 0.1) is 0 Å². The van der Waals surface area contributed by atoms with E-state index < -0.39 is 0 Å². The molecule has 36 heavy (non-hydrogen) atoms. The fourth-order valence-corrected chi connectivity index (χ4v) is 4.23. The smallest absolute Gasteiger partial charge is 0.0462 e. The first-order valence-electron chi connectivity index (χ1n) is 12.1. The molecule has 0 saturated carbocycles. The Bertz CT molecular complexity index is 1410. The summed E-state index contributed by atoms with van der Waals surface area (Å²) in [6, 6.07) is 47.9. The highest BCUT2D eigenvalue weighted by Crippen LogP contribution is 2.34. The summed E-state index contributed by atoms with van der Waals surface area (Å²) < 4.78 is 0. The van der Waals surface area contributed by atoms with Gasteiger partial charge in [-0.1, -0.05) is 115 Å². The van der Waals surface area contributed by atoms with Gasteiger partial charge in [0.15, 0.2) is 0 Å². The van der Waals surface area contributed by atoms with Gasteiger partial charge in [0.2, 0.25) is 0 Å². The van der Waals surface area contributed by atoms with Crippen molar-refractivity contribution in [2.45, 2.75) is 0 Å². The summed E-state index contributed by atoms with van der Waals surface area (Å²) in [5, 5.41) is 0. The van der Waals surface area contributed by atoms with Crippen molar-refractivity contribution in [1.82, 2.24) is 0 Å². The number of nitrogens with zero attached hydrogens (tertiary/aromatic N) is 1. The first-order valence-corrected chi connectivity index (χ1v) is 12.1. The van der Waals surface area contributed by atoms with Crippen molar-refractivity contribution in [1.29, 1.82) is 0 Å². The predicted octanol–water partition coefficient (Wildman–Crippen LogP) is 8.78. The normalized spacial score (nSPS) is 11.5. The number of hydrogen-bond donors (Lipinski definition) is 1. The Kier molecular flexibility index (Phi) is 7.06. The van der Waals surface area contributed by atoms with E-state index in [-0.39, 0.29) is 0 Å². The zero-order chi connectivity index (χ0) is 24.6. The lowest BCUT2D eigenvalue weighted by atomic mass is 10.0. The van der Waals surface area contributed by atoms with E-state index in [2.05, 4.69) is 114 Å². The van der Waals surface area contributed by atoms with Crippen molar-refractivity contribution in [3.63, 3.8) is 0 Å². The van der Waals surface area contributed by atoms with Gasteiger partial charge in [0, 0.05) is 28.3 Å². The molecule has 0 bridgehead atoms. The summed E-state index contributed by atoms with van der Waals surface area (Å²) in [7, 11) is 0. The zero-order valence-electron chi connectivity index (χ0n) is 20.0. The van der Waals surface area contributed by atoms with Gasteiger partial charge in [-0.15, -0.1) is 0 Å². The Labute approximate surface area is 213 Å². The molecule has 0 fully saturated rings. The second-order valence-corrected chi connectivity index (χ2v) is 8.53. The van der Waals surface area contributed by atoms with Crippen molar-refractivity contribution >= 4 is 41.0 Å². The topological polar surface area (TPSA) is 29.3 Å². The average Bonchev–Trinajstić information content (AvgIpc) is 2.95. The summed E-state index contributed by atoms with van der Waals surface area (Å²) in [6.45, 7) is 0. The van der Waals surface area contributed by atoms with Crippen molar-refractivity contribution in [2.75, 3.05) is 4.90 Å². The van der Waals surface area contributed by atoms with Gasteiger partial charge in [0.25, 0.3) is 0 Å². The van der Waals surface area contributed by atoms with Gasteiger partial charge in [0.1, 0.15) is 0 Å². The first-order chi connectivity index (χ1) is 17.8. The van der Waals surface area contributed by atoms with E-state index in [1.165, 1.54) is 0 Å². The summed E-state index contributed by atoms with van der Waals surface area (Å²) in [5.74, 6) is 0. The highest BCUT2D eigenvalue weighted by atomic mass is 15.1. The van der Waals surface area contributed by atoms with Crippen LogP contribution in [0.1, 0.15) is 22.3 Å². The number of anilines is 3. The molecule has 5 rings (SSSR count). The molecule has 0 amide bonds. The van der Waals surface area contributed by atoms with Gasteiger partial charge in [-0.2, -0.15) is 0 Å². The van der Waals surface area contributed by atoms with Crippen LogP contribution in [0.25, 0.3) is 23.9 Å². The number of nitrogens with two attached hydrogens (primary N) is 1. The van der Waals surface area contributed by atoms with E-state index in [4.69, 9.17) is 5.73 Å². The number of benzene rings is 5. The molecule has 0 radical (unpaired) electrons. The zero-order valence-corrected chi connectivity index (χ0v) is 20.0. The molecular formula is C34H28N2. The SMILES string of the molecule is NC(=Cc1ccccc1)c1ccccc1C=Cc1ccc(N(c2ccccc2)c2ccccc2)cc1. The van der Waals surface area contributed by atoms with Crippen LogP contribution in [0.4, 0.5) is 17.1 Å². The minimum absolute atomic E-state index is 0.748. The average molecular weight is 465 g/mol. The third-order valence-corrected chi connectivity index (χ3v) is 6.03. The third-order valence-electron chi connectivity index (χ3n) is 6.03. The Morgan fingerprint density at radius 2 is 0.972 bits per heavy atom. The van der Waals surface area contributed by atoms with Crippen LogP contribution in [0.5, 0.6) is 0 Å². The Hall–Kier alpha value is -4.82. The van der Waals surface area contributed by atoms with E-state index in [1.54, 1.807) is 0 Å². The van der Waals surface area contributed by atoms with Crippen LogP contribution >= 0.6 is 0 Å². The molecule has 5 aromatic rings. The monoisotopic (exact) mass is 464 g/mol. The third kappa shape index (κ3) is 5.45. The Morgan fingerprint density at radius 3 is 1.58 bits per heavy atom. The molecule has 0 heterocycles. The molecule has 0 atom stereocenters. The maximum atomic E-state index is 6.48. The van der Waals surface area contributed by atoms with Gasteiger partial charge in [0.05, 0.1) is 0 Å². The van der Waals surface area contributed by atoms with E-state index in [0.717, 1.165) is 45.0 Å². The Balaban J connectivity index is 1.41. The van der Waals surface area contributed by atoms with Crippen LogP contribution in [0.2, 0.25) is 0 Å². The van der Waals surface area contributed by atoms with Crippen LogP contribution in [0.3, 0.4) is 0 Å². The van der Waals surface area contributed by atoms with E-state index >= 15 is 0 Å². The number of para-hydroxylation sites is 2. The lowest BCUT2D eigenvalue weighted by Crippen LogP contribution is -2.09. The van der Waals surface area contributed by atoms with Crippen LogP contribution in [0.15, 0.2) is 140 Å². The summed E-state index contributed by atoms with van der Waals surface area (Å²) >= 11 is 0. The maximum absolute atomic E-state index is 6.48. The van der Waals surface area contributed by atoms with Crippen LogP contribution in [-0.4, -0.2) is 0 Å². The molecule has 0 spiro atoms. The molecule has 2 N–H and O–H groups in total. The highest BCUT2D eigenvalue weighted by Gasteiger charge is 2.11. The van der Waals surface area contributed by atoms with Crippen molar-refractivity contribution in [3.8, 4) is 0 Å². The van der Waals surface area contributed by atoms with Crippen LogP contribution < -0.4 is 10.6 Å². The minimum atomic E-state index is 0.748. The molecule has 2 nitrogen and oxygen atoms in total. The molecule has 0 aliphatic heterocycles. The lowest BCUT2D eigenvalue weighted by Gasteiger charge is -2.25. The second-order valence-electron chi connectivity index (χ2n) is 8.53. The number of rotatable bonds is 7. The highest BCUT2D eigenvalue weighted by molar-refractivity contribution is 5.86. The van der Waals surface area contributed by atoms with Gasteiger partial charge in [-0.3, -0.25) is 0 Å². The van der Waals surface area contributed by atoms with Crippen LogP contribution in [-0.2, 0) is 0 Å². The van der Waals surface area contributed by atoms with Crippen molar-refractivity contribution < 1.29 is 0 Å². The first kappa shape index (κ1) is 22.9. The second kappa shape index (κ2) is 11.1. The molecule has 2 heteroatoms. The molecule has 174 valence electrons. The van der Waals surface area contributed by atoms with E-state index in [0.29, 0.717) is 0 Å². The maximum Gasteiger partial charge on any atom is 0.0462 e. The van der Waals surface area contributed by atoms with E-state index in [9.17, 15) is 0 Å². The van der Waals surface area contributed by atoms with Gasteiger partial charge in [-0.25, -0.2) is 0 Å². The summed E-state index contributed by atoms with van der Waals surface area (Å²) in [4.78, 5) is 2.26. The molecule has 0 aliphatic carbocycles. The molecule has 0 unspecified atom stereocenters. The lowest BCUT2D eigenvalue weighted by molar-refractivity contribution is 1.28. The molecule has 0 aromatic heterocycles. The molecule has 0 aliphatic rings. The number of hydrogen-bond acceptors (Lipinski definition) is 2. The van der Waals surface area contributed by atoms with Gasteiger partial charge >= 0.3 is 0 Å². The molecule has 0 saturated heterocycles. The quantitative estimate of drug-likeness (QED) is 0.244. The fraction of sp³-hybridized carbons (Fsp3) is 0. The largest absolute Gasteiger partial charge is 0.398 e. The fourth-order valence-electron chi connectivity index (χ4n) is 4.23. The predicted molar refractivity (Wildman–Crippen MR) is 155 cm³/mol. The Morgan fingerprint density at radius 1 is 0.472 bits per heavy atom. The van der Waals surface area contributed by atoms with E-state index in [1.807, 2.05) is 48.5 Å². The summed E-state index contributed by atoms with van der Waals surface area (Å²) in [5.41, 5.74) is 14.9. The van der Waals surface area contributed by atoms with Gasteiger partial charge in [-0.05, 0) is 59.2 Å². The van der Waals surface area contributed by atoms with Crippen molar-refractivity contribution in [2.24, 2.45) is 5.73 Å².